The van der Waals surface area contributed by atoms with Gasteiger partial charge in [0.15, 0.2) is 0 Å². The van der Waals surface area contributed by atoms with Crippen LogP contribution in [0.1, 0.15) is 19.3 Å². The molecule has 2 rings (SSSR count). The molecule has 2 fully saturated rings. The summed E-state index contributed by atoms with van der Waals surface area (Å²) in [4.78, 5) is 28.5. The third-order valence-electron chi connectivity index (χ3n) is 4.09. The second-order valence-electron chi connectivity index (χ2n) is 5.47. The molecule has 2 aliphatic heterocycles. The highest BCUT2D eigenvalue weighted by atomic mass is 16.4. The van der Waals surface area contributed by atoms with Gasteiger partial charge in [-0.1, -0.05) is 0 Å². The van der Waals surface area contributed by atoms with E-state index >= 15 is 0 Å². The smallest absolute Gasteiger partial charge is 0.320 e. The maximum Gasteiger partial charge on any atom is 0.320 e. The average Bonchev–Trinajstić information content (AvgIpc) is 2.46. The van der Waals surface area contributed by atoms with E-state index in [1.54, 1.807) is 9.80 Å². The Hall–Kier alpha value is -1.34. The molecule has 7 heteroatoms. The summed E-state index contributed by atoms with van der Waals surface area (Å²) in [6, 6.07) is -0.0768. The van der Waals surface area contributed by atoms with Crippen LogP contribution in [-0.4, -0.2) is 88.8 Å². The molecule has 114 valence electrons. The molecule has 0 aromatic carbocycles. The second kappa shape index (κ2) is 6.90. The summed E-state index contributed by atoms with van der Waals surface area (Å²) in [5.41, 5.74) is 0. The fourth-order valence-corrected chi connectivity index (χ4v) is 2.91. The predicted molar refractivity (Wildman–Crippen MR) is 72.5 cm³/mol. The molecule has 0 radical (unpaired) electrons. The molecule has 0 aromatic heterocycles. The number of urea groups is 1. The van der Waals surface area contributed by atoms with Gasteiger partial charge in [0, 0.05) is 32.7 Å². The Morgan fingerprint density at radius 1 is 1.05 bits per heavy atom. The molecule has 2 saturated heterocycles. The van der Waals surface area contributed by atoms with Gasteiger partial charge >= 0.3 is 12.0 Å². The molecule has 2 amide bonds. The normalized spacial score (nSPS) is 24.8. The number of carbonyl (C=O) groups is 2. The van der Waals surface area contributed by atoms with Crippen molar-refractivity contribution in [3.63, 3.8) is 0 Å². The van der Waals surface area contributed by atoms with Crippen LogP contribution in [0.5, 0.6) is 0 Å². The molecule has 0 saturated carbocycles. The van der Waals surface area contributed by atoms with Crippen molar-refractivity contribution in [1.82, 2.24) is 14.7 Å². The maximum atomic E-state index is 12.5. The average molecular weight is 285 g/mol. The quantitative estimate of drug-likeness (QED) is 0.741. The van der Waals surface area contributed by atoms with Crippen LogP contribution < -0.4 is 0 Å². The van der Waals surface area contributed by atoms with Gasteiger partial charge in [-0.25, -0.2) is 4.79 Å². The van der Waals surface area contributed by atoms with E-state index in [4.69, 9.17) is 5.11 Å². The van der Waals surface area contributed by atoms with Gasteiger partial charge in [0.05, 0.1) is 19.2 Å². The van der Waals surface area contributed by atoms with Crippen LogP contribution in [0.15, 0.2) is 0 Å². The van der Waals surface area contributed by atoms with Crippen molar-refractivity contribution >= 4 is 12.0 Å². The lowest BCUT2D eigenvalue weighted by molar-refractivity contribution is -0.138. The van der Waals surface area contributed by atoms with Crippen molar-refractivity contribution in [2.24, 2.45) is 0 Å². The Kier molecular flexibility index (Phi) is 5.19. The van der Waals surface area contributed by atoms with Crippen LogP contribution in [0.2, 0.25) is 0 Å². The molecule has 2 N–H and O–H groups in total. The van der Waals surface area contributed by atoms with Crippen LogP contribution in [-0.2, 0) is 4.79 Å². The van der Waals surface area contributed by atoms with Crippen molar-refractivity contribution in [3.8, 4) is 0 Å². The topological polar surface area (TPSA) is 84.3 Å². The van der Waals surface area contributed by atoms with Gasteiger partial charge in [-0.15, -0.1) is 0 Å². The number of rotatable bonds is 3. The molecule has 1 atom stereocenters. The lowest BCUT2D eigenvalue weighted by Crippen LogP contribution is -2.56. The molecule has 0 bridgehead atoms. The number of nitrogens with zero attached hydrogens (tertiary/aromatic N) is 3. The van der Waals surface area contributed by atoms with Crippen molar-refractivity contribution in [1.29, 1.82) is 0 Å². The van der Waals surface area contributed by atoms with E-state index in [-0.39, 0.29) is 25.2 Å². The van der Waals surface area contributed by atoms with Gasteiger partial charge in [-0.05, 0) is 19.3 Å². The number of piperazine rings is 1. The molecule has 0 spiro atoms. The van der Waals surface area contributed by atoms with Gasteiger partial charge < -0.3 is 20.0 Å². The molecule has 2 heterocycles. The largest absolute Gasteiger partial charge is 0.480 e. The lowest BCUT2D eigenvalue weighted by Gasteiger charge is -2.41. The fraction of sp³-hybridized carbons (Fsp3) is 0.846. The molecule has 1 unspecified atom stereocenters. The first-order valence-corrected chi connectivity index (χ1v) is 7.22. The van der Waals surface area contributed by atoms with Gasteiger partial charge in [0.2, 0.25) is 0 Å². The number of carbonyl (C=O) groups excluding carboxylic acids is 1. The third kappa shape index (κ3) is 3.61. The molecule has 7 nitrogen and oxygen atoms in total. The summed E-state index contributed by atoms with van der Waals surface area (Å²) < 4.78 is 0. The van der Waals surface area contributed by atoms with Crippen LogP contribution in [0.4, 0.5) is 4.79 Å². The van der Waals surface area contributed by atoms with Crippen LogP contribution in [0.25, 0.3) is 0 Å². The van der Waals surface area contributed by atoms with Crippen molar-refractivity contribution in [2.45, 2.75) is 25.3 Å². The van der Waals surface area contributed by atoms with E-state index in [2.05, 4.69) is 0 Å². The van der Waals surface area contributed by atoms with E-state index in [9.17, 15) is 14.7 Å². The number of likely N-dealkylation sites (tertiary alicyclic amines) is 1. The van der Waals surface area contributed by atoms with Gasteiger partial charge in [-0.2, -0.15) is 0 Å². The highest BCUT2D eigenvalue weighted by molar-refractivity contribution is 5.75. The first-order valence-electron chi connectivity index (χ1n) is 7.22. The zero-order chi connectivity index (χ0) is 14.5. The van der Waals surface area contributed by atoms with E-state index in [1.807, 2.05) is 4.90 Å². The number of carboxylic acids is 1. The number of aliphatic carboxylic acids is 1. The summed E-state index contributed by atoms with van der Waals surface area (Å²) in [7, 11) is 0. The number of amides is 2. The Bertz CT molecular complexity index is 356. The van der Waals surface area contributed by atoms with E-state index in [0.717, 1.165) is 19.3 Å². The van der Waals surface area contributed by atoms with E-state index < -0.39 is 5.97 Å². The monoisotopic (exact) mass is 285 g/mol. The number of carboxylic acid groups (broad SMARTS) is 1. The Morgan fingerprint density at radius 3 is 2.35 bits per heavy atom. The van der Waals surface area contributed by atoms with Crippen molar-refractivity contribution < 1.29 is 19.8 Å². The predicted octanol–water partition coefficient (Wildman–Crippen LogP) is -0.345. The molecular formula is C13H23N3O4. The minimum atomic E-state index is -0.832. The van der Waals surface area contributed by atoms with Gasteiger partial charge in [0.25, 0.3) is 0 Å². The number of hydrogen-bond donors (Lipinski definition) is 2. The lowest BCUT2D eigenvalue weighted by atomic mass is 10.0. The minimum absolute atomic E-state index is 0.0151. The van der Waals surface area contributed by atoms with Crippen molar-refractivity contribution in [2.75, 3.05) is 45.9 Å². The Morgan fingerprint density at radius 2 is 1.75 bits per heavy atom. The SMILES string of the molecule is O=C(O)CN1CCN(C(=O)N2CCCCC2CO)CC1. The number of aliphatic hydroxyl groups is 1. The zero-order valence-corrected chi connectivity index (χ0v) is 11.7. The molecule has 2 aliphatic rings. The first kappa shape index (κ1) is 15.1. The second-order valence-corrected chi connectivity index (χ2v) is 5.47. The van der Waals surface area contributed by atoms with Crippen LogP contribution in [0, 0.1) is 0 Å². The fourth-order valence-electron chi connectivity index (χ4n) is 2.91. The highest BCUT2D eigenvalue weighted by Crippen LogP contribution is 2.19. The van der Waals surface area contributed by atoms with E-state index in [0.29, 0.717) is 32.7 Å². The standard InChI is InChI=1S/C13H23N3O4/c17-10-11-3-1-2-4-16(11)13(20)15-7-5-14(6-8-15)9-12(18)19/h11,17H,1-10H2,(H,18,19). The Labute approximate surface area is 118 Å². The number of piperidine rings is 1. The molecule has 20 heavy (non-hydrogen) atoms. The van der Waals surface area contributed by atoms with Gasteiger partial charge in [-0.3, -0.25) is 9.69 Å². The summed E-state index contributed by atoms with van der Waals surface area (Å²) >= 11 is 0. The number of aliphatic hydroxyl groups excluding tert-OH is 1. The summed E-state index contributed by atoms with van der Waals surface area (Å²) in [6.07, 6.45) is 2.91. The number of hydrogen-bond acceptors (Lipinski definition) is 4. The van der Waals surface area contributed by atoms with Crippen molar-refractivity contribution in [3.05, 3.63) is 0 Å². The minimum Gasteiger partial charge on any atom is -0.480 e. The Balaban J connectivity index is 1.86. The van der Waals surface area contributed by atoms with Crippen LogP contribution >= 0.6 is 0 Å². The third-order valence-corrected chi connectivity index (χ3v) is 4.09. The van der Waals surface area contributed by atoms with Crippen LogP contribution in [0.3, 0.4) is 0 Å². The summed E-state index contributed by atoms with van der Waals surface area (Å²) in [5, 5.41) is 18.1. The molecule has 0 aliphatic carbocycles. The highest BCUT2D eigenvalue weighted by Gasteiger charge is 2.31. The zero-order valence-electron chi connectivity index (χ0n) is 11.7. The summed E-state index contributed by atoms with van der Waals surface area (Å²) in [6.45, 7) is 3.06. The van der Waals surface area contributed by atoms with E-state index in [1.165, 1.54) is 0 Å². The molecular weight excluding hydrogens is 262 g/mol. The van der Waals surface area contributed by atoms with Gasteiger partial charge in [0.1, 0.15) is 0 Å². The first-order chi connectivity index (χ1) is 9.61. The molecule has 0 aromatic rings. The maximum absolute atomic E-state index is 12.5. The summed E-state index contributed by atoms with van der Waals surface area (Å²) in [5.74, 6) is -0.832.